The molecule has 0 aliphatic rings. The molecule has 1 amide bonds. The summed E-state index contributed by atoms with van der Waals surface area (Å²) in [5.74, 6) is -0.227. The van der Waals surface area contributed by atoms with Crippen LogP contribution in [0.2, 0.25) is 0 Å². The van der Waals surface area contributed by atoms with Crippen LogP contribution in [-0.2, 0) is 6.42 Å². The number of benzene rings is 2. The minimum Gasteiger partial charge on any atom is -0.508 e. The molecule has 3 rings (SSSR count). The van der Waals surface area contributed by atoms with Gasteiger partial charge >= 0.3 is 5.63 Å². The number of nitrogens with one attached hydrogen (secondary N) is 1. The molecule has 0 spiro atoms. The maximum absolute atomic E-state index is 12.4. The Balaban J connectivity index is 1.84. The van der Waals surface area contributed by atoms with Crippen molar-refractivity contribution in [2.75, 3.05) is 0 Å². The zero-order valence-corrected chi connectivity index (χ0v) is 17.3. The fraction of sp³-hybridized carbons (Fsp3) is 0.292. The highest BCUT2D eigenvalue weighted by Crippen LogP contribution is 2.26. The molecule has 156 valence electrons. The Morgan fingerprint density at radius 1 is 1.10 bits per heavy atom. The van der Waals surface area contributed by atoms with Crippen LogP contribution in [0.25, 0.3) is 11.0 Å². The lowest BCUT2D eigenvalue weighted by Gasteiger charge is -2.08. The Bertz CT molecular complexity index is 1120. The monoisotopic (exact) mass is 406 g/mol. The minimum absolute atomic E-state index is 0.135. The minimum atomic E-state index is -0.576. The Morgan fingerprint density at radius 3 is 2.60 bits per heavy atom. The molecule has 6 nitrogen and oxygen atoms in total. The van der Waals surface area contributed by atoms with E-state index in [0.717, 1.165) is 37.7 Å². The summed E-state index contributed by atoms with van der Waals surface area (Å²) in [5.41, 5.74) is 4.11. The smallest absolute Gasteiger partial charge is 0.345 e. The lowest BCUT2D eigenvalue weighted by molar-refractivity contribution is 0.0955. The molecule has 0 radical (unpaired) electrons. The summed E-state index contributed by atoms with van der Waals surface area (Å²) in [4.78, 5) is 24.5. The predicted molar refractivity (Wildman–Crippen MR) is 118 cm³/mol. The third kappa shape index (κ3) is 5.14. The van der Waals surface area contributed by atoms with Crippen molar-refractivity contribution < 1.29 is 14.3 Å². The van der Waals surface area contributed by atoms with Crippen molar-refractivity contribution in [3.05, 3.63) is 75.6 Å². The molecule has 2 N–H and O–H groups in total. The number of fused-ring (bicyclic) bond motifs is 1. The molecule has 0 unspecified atom stereocenters. The van der Waals surface area contributed by atoms with E-state index in [4.69, 9.17) is 4.42 Å². The topological polar surface area (TPSA) is 91.9 Å². The van der Waals surface area contributed by atoms with Gasteiger partial charge in [-0.05, 0) is 49.6 Å². The number of carbonyl (C=O) groups excluding carboxylic acids is 1. The van der Waals surface area contributed by atoms with Crippen molar-refractivity contribution in [2.45, 2.75) is 46.0 Å². The van der Waals surface area contributed by atoms with Gasteiger partial charge in [0.15, 0.2) is 0 Å². The van der Waals surface area contributed by atoms with Gasteiger partial charge in [-0.25, -0.2) is 10.2 Å². The quantitative estimate of drug-likeness (QED) is 0.244. The molecule has 0 saturated carbocycles. The van der Waals surface area contributed by atoms with Crippen LogP contribution < -0.4 is 11.1 Å². The number of phenolic OH excluding ortho intramolecular Hbond substituents is 1. The number of hydrazone groups is 1. The van der Waals surface area contributed by atoms with Crippen LogP contribution in [0, 0.1) is 0 Å². The summed E-state index contributed by atoms with van der Waals surface area (Å²) in [5, 5.41) is 15.0. The SMILES string of the molecule is CCCCCCc1cc2cc(/C(C)=N\NC(=O)c3ccccc3)c(=O)oc2cc1O. The third-order valence-corrected chi connectivity index (χ3v) is 4.98. The summed E-state index contributed by atoms with van der Waals surface area (Å²) in [6.07, 6.45) is 5.17. The summed E-state index contributed by atoms with van der Waals surface area (Å²) in [7, 11) is 0. The fourth-order valence-corrected chi connectivity index (χ4v) is 3.25. The molecule has 0 saturated heterocycles. The highest BCUT2D eigenvalue weighted by molar-refractivity contribution is 6.02. The van der Waals surface area contributed by atoms with Gasteiger partial charge in [0.05, 0.1) is 11.3 Å². The van der Waals surface area contributed by atoms with E-state index in [2.05, 4.69) is 17.5 Å². The molecule has 6 heteroatoms. The van der Waals surface area contributed by atoms with Gasteiger partial charge in [0, 0.05) is 17.0 Å². The normalized spacial score (nSPS) is 11.6. The van der Waals surface area contributed by atoms with Crippen LogP contribution >= 0.6 is 0 Å². The summed E-state index contributed by atoms with van der Waals surface area (Å²) in [6, 6.07) is 13.7. The Hall–Kier alpha value is -3.41. The number of aromatic hydroxyl groups is 1. The Morgan fingerprint density at radius 2 is 1.87 bits per heavy atom. The highest BCUT2D eigenvalue weighted by Gasteiger charge is 2.12. The van der Waals surface area contributed by atoms with Crippen LogP contribution in [0.3, 0.4) is 0 Å². The summed E-state index contributed by atoms with van der Waals surface area (Å²) in [6.45, 7) is 3.79. The van der Waals surface area contributed by atoms with Gasteiger partial charge in [0.1, 0.15) is 11.3 Å². The van der Waals surface area contributed by atoms with E-state index in [9.17, 15) is 14.7 Å². The number of nitrogens with zero attached hydrogens (tertiary/aromatic N) is 1. The van der Waals surface area contributed by atoms with E-state index in [1.807, 2.05) is 12.1 Å². The van der Waals surface area contributed by atoms with Gasteiger partial charge in [0.25, 0.3) is 5.91 Å². The Labute approximate surface area is 175 Å². The first-order valence-electron chi connectivity index (χ1n) is 10.2. The molecule has 0 fully saturated rings. The van der Waals surface area contributed by atoms with E-state index in [1.165, 1.54) is 6.07 Å². The largest absolute Gasteiger partial charge is 0.508 e. The number of aryl methyl sites for hydroxylation is 1. The molecule has 0 bridgehead atoms. The van der Waals surface area contributed by atoms with Crippen molar-refractivity contribution >= 4 is 22.6 Å². The van der Waals surface area contributed by atoms with Crippen LogP contribution in [-0.4, -0.2) is 16.7 Å². The first-order chi connectivity index (χ1) is 14.5. The fourth-order valence-electron chi connectivity index (χ4n) is 3.25. The van der Waals surface area contributed by atoms with Crippen LogP contribution in [0.5, 0.6) is 5.75 Å². The number of hydrogen-bond donors (Lipinski definition) is 2. The standard InChI is InChI=1S/C24H26N2O4/c1-3-4-5-7-12-18-13-19-14-20(24(29)30-22(19)15-21(18)27)16(2)25-26-23(28)17-10-8-6-9-11-17/h6,8-11,13-15,27H,3-5,7,12H2,1-2H3,(H,26,28)/b25-16-. The molecule has 3 aromatic rings. The van der Waals surface area contributed by atoms with Gasteiger partial charge in [-0.15, -0.1) is 0 Å². The molecular formula is C24H26N2O4. The molecule has 0 aliphatic carbocycles. The van der Waals surface area contributed by atoms with Gasteiger partial charge in [-0.3, -0.25) is 4.79 Å². The number of carbonyl (C=O) groups is 1. The predicted octanol–water partition coefficient (Wildman–Crippen LogP) is 4.78. The Kier molecular flexibility index (Phi) is 7.01. The van der Waals surface area contributed by atoms with Crippen molar-refractivity contribution in [3.63, 3.8) is 0 Å². The summed E-state index contributed by atoms with van der Waals surface area (Å²) >= 11 is 0. The number of rotatable bonds is 8. The number of phenols is 1. The van der Waals surface area contributed by atoms with E-state index in [-0.39, 0.29) is 17.2 Å². The van der Waals surface area contributed by atoms with Crippen LogP contribution in [0.4, 0.5) is 0 Å². The first kappa shape index (κ1) is 21.3. The van der Waals surface area contributed by atoms with Crippen molar-refractivity contribution in [1.82, 2.24) is 5.43 Å². The molecule has 0 aliphatic heterocycles. The zero-order chi connectivity index (χ0) is 21.5. The van der Waals surface area contributed by atoms with Gasteiger partial charge < -0.3 is 9.52 Å². The molecular weight excluding hydrogens is 380 g/mol. The maximum Gasteiger partial charge on any atom is 0.345 e. The highest BCUT2D eigenvalue weighted by atomic mass is 16.4. The first-order valence-corrected chi connectivity index (χ1v) is 10.2. The number of amides is 1. The molecule has 2 aromatic carbocycles. The molecule has 0 atom stereocenters. The van der Waals surface area contributed by atoms with Crippen molar-refractivity contribution in [3.8, 4) is 5.75 Å². The van der Waals surface area contributed by atoms with Gasteiger partial charge in [-0.2, -0.15) is 5.10 Å². The van der Waals surface area contributed by atoms with Gasteiger partial charge in [-0.1, -0.05) is 44.4 Å². The average Bonchev–Trinajstić information content (AvgIpc) is 2.75. The van der Waals surface area contributed by atoms with Crippen molar-refractivity contribution in [1.29, 1.82) is 0 Å². The lowest BCUT2D eigenvalue weighted by Crippen LogP contribution is -2.21. The van der Waals surface area contributed by atoms with Gasteiger partial charge in [0.2, 0.25) is 0 Å². The van der Waals surface area contributed by atoms with E-state index < -0.39 is 5.63 Å². The van der Waals surface area contributed by atoms with Crippen LogP contribution in [0.15, 0.2) is 62.8 Å². The third-order valence-electron chi connectivity index (χ3n) is 4.98. The molecule has 1 aromatic heterocycles. The number of unbranched alkanes of at least 4 members (excludes halogenated alkanes) is 3. The van der Waals surface area contributed by atoms with E-state index >= 15 is 0 Å². The lowest BCUT2D eigenvalue weighted by atomic mass is 10.0. The zero-order valence-electron chi connectivity index (χ0n) is 17.3. The maximum atomic E-state index is 12.4. The second-order valence-corrected chi connectivity index (χ2v) is 7.28. The summed E-state index contributed by atoms with van der Waals surface area (Å²) < 4.78 is 5.38. The molecule has 1 heterocycles. The van der Waals surface area contributed by atoms with Crippen LogP contribution in [0.1, 0.15) is 61.0 Å². The molecule has 30 heavy (non-hydrogen) atoms. The second-order valence-electron chi connectivity index (χ2n) is 7.28. The average molecular weight is 406 g/mol. The van der Waals surface area contributed by atoms with E-state index in [0.29, 0.717) is 22.2 Å². The number of hydrogen-bond acceptors (Lipinski definition) is 5. The second kappa shape index (κ2) is 9.87. The van der Waals surface area contributed by atoms with E-state index in [1.54, 1.807) is 37.3 Å². The van der Waals surface area contributed by atoms with Crippen molar-refractivity contribution in [2.24, 2.45) is 5.10 Å².